The van der Waals surface area contributed by atoms with E-state index < -0.39 is 11.5 Å². The Hall–Kier alpha value is -2.04. The molecular formula is C14H18N2O3. The molecule has 1 aromatic rings. The number of rotatable bonds is 5. The molecule has 102 valence electrons. The first-order valence-corrected chi connectivity index (χ1v) is 6.30. The lowest BCUT2D eigenvalue weighted by atomic mass is 9.95. The molecule has 1 atom stereocenters. The Morgan fingerprint density at radius 2 is 2.16 bits per heavy atom. The van der Waals surface area contributed by atoms with Crippen molar-refractivity contribution in [1.82, 2.24) is 5.32 Å². The molecule has 19 heavy (non-hydrogen) atoms. The number of nitrogen functional groups attached to an aromatic ring is 1. The van der Waals surface area contributed by atoms with Crippen molar-refractivity contribution < 1.29 is 14.7 Å². The van der Waals surface area contributed by atoms with Crippen LogP contribution in [0.4, 0.5) is 5.69 Å². The lowest BCUT2D eigenvalue weighted by molar-refractivity contribution is -0.147. The zero-order chi connectivity index (χ0) is 14.0. The first kappa shape index (κ1) is 13.4. The molecule has 1 fully saturated rings. The summed E-state index contributed by atoms with van der Waals surface area (Å²) in [5.41, 5.74) is 5.86. The molecule has 0 heterocycles. The summed E-state index contributed by atoms with van der Waals surface area (Å²) >= 11 is 0. The van der Waals surface area contributed by atoms with E-state index in [2.05, 4.69) is 5.32 Å². The number of amides is 1. The third-order valence-corrected chi connectivity index (χ3v) is 3.55. The quantitative estimate of drug-likeness (QED) is 0.695. The molecular weight excluding hydrogens is 244 g/mol. The highest BCUT2D eigenvalue weighted by Crippen LogP contribution is 2.39. The van der Waals surface area contributed by atoms with Gasteiger partial charge >= 0.3 is 5.97 Å². The molecule has 1 unspecified atom stereocenters. The van der Waals surface area contributed by atoms with Crippen LogP contribution in [0.3, 0.4) is 0 Å². The zero-order valence-electron chi connectivity index (χ0n) is 10.8. The van der Waals surface area contributed by atoms with Gasteiger partial charge in [0, 0.05) is 5.69 Å². The van der Waals surface area contributed by atoms with Gasteiger partial charge in [0.15, 0.2) is 0 Å². The maximum Gasteiger partial charge on any atom is 0.329 e. The molecule has 5 nitrogen and oxygen atoms in total. The van der Waals surface area contributed by atoms with E-state index >= 15 is 0 Å². The second kappa shape index (κ2) is 4.91. The molecule has 4 N–H and O–H groups in total. The van der Waals surface area contributed by atoms with Gasteiger partial charge in [0.2, 0.25) is 5.91 Å². The minimum absolute atomic E-state index is 0.0368. The highest BCUT2D eigenvalue weighted by atomic mass is 16.4. The number of nitrogens with one attached hydrogen (secondary N) is 1. The fourth-order valence-electron chi connectivity index (χ4n) is 2.21. The predicted octanol–water partition coefficient (Wildman–Crippen LogP) is 1.18. The van der Waals surface area contributed by atoms with E-state index in [0.717, 1.165) is 18.4 Å². The second-order valence-corrected chi connectivity index (χ2v) is 5.25. The van der Waals surface area contributed by atoms with Gasteiger partial charge < -0.3 is 16.2 Å². The van der Waals surface area contributed by atoms with E-state index in [-0.39, 0.29) is 18.2 Å². The van der Waals surface area contributed by atoms with Crippen LogP contribution >= 0.6 is 0 Å². The number of benzene rings is 1. The van der Waals surface area contributed by atoms with Crippen LogP contribution in [0.1, 0.15) is 25.3 Å². The van der Waals surface area contributed by atoms with Crippen LogP contribution in [0.15, 0.2) is 24.3 Å². The smallest absolute Gasteiger partial charge is 0.329 e. The Balaban J connectivity index is 2.02. The molecule has 1 aromatic carbocycles. The molecule has 2 rings (SSSR count). The van der Waals surface area contributed by atoms with Crippen LogP contribution in [0.5, 0.6) is 0 Å². The molecule has 1 saturated carbocycles. The van der Waals surface area contributed by atoms with Gasteiger partial charge in [-0.25, -0.2) is 4.79 Å². The summed E-state index contributed by atoms with van der Waals surface area (Å²) in [5, 5.41) is 11.9. The molecule has 0 bridgehead atoms. The number of anilines is 1. The van der Waals surface area contributed by atoms with Crippen molar-refractivity contribution in [1.29, 1.82) is 0 Å². The number of carbonyl (C=O) groups is 2. The fraction of sp³-hybridized carbons (Fsp3) is 0.429. The number of carbonyl (C=O) groups excluding carboxylic acids is 1. The highest BCUT2D eigenvalue weighted by molar-refractivity contribution is 5.88. The second-order valence-electron chi connectivity index (χ2n) is 5.25. The van der Waals surface area contributed by atoms with Gasteiger partial charge in [-0.1, -0.05) is 12.1 Å². The van der Waals surface area contributed by atoms with E-state index in [0.29, 0.717) is 5.69 Å². The lowest BCUT2D eigenvalue weighted by Gasteiger charge is -2.26. The molecule has 1 aliphatic carbocycles. The molecule has 0 radical (unpaired) electrons. The standard InChI is InChI=1S/C14H18N2O3/c1-14(13(18)19,10-5-6-10)16-12(17)8-9-3-2-4-11(15)7-9/h2-4,7,10H,5-6,8,15H2,1H3,(H,16,17)(H,18,19). The minimum atomic E-state index is -1.16. The number of nitrogens with two attached hydrogens (primary N) is 1. The molecule has 0 spiro atoms. The van der Waals surface area contributed by atoms with Gasteiger partial charge in [-0.2, -0.15) is 0 Å². The maximum atomic E-state index is 12.0. The first-order chi connectivity index (χ1) is 8.91. The monoisotopic (exact) mass is 262 g/mol. The number of hydrogen-bond acceptors (Lipinski definition) is 3. The van der Waals surface area contributed by atoms with Crippen molar-refractivity contribution in [3.63, 3.8) is 0 Å². The van der Waals surface area contributed by atoms with Gasteiger partial charge in [-0.3, -0.25) is 4.79 Å². The Morgan fingerprint density at radius 3 is 2.68 bits per heavy atom. The van der Waals surface area contributed by atoms with Crippen molar-refractivity contribution in [3.05, 3.63) is 29.8 Å². The molecule has 0 aliphatic heterocycles. The Morgan fingerprint density at radius 1 is 1.47 bits per heavy atom. The van der Waals surface area contributed by atoms with Gasteiger partial charge in [0.05, 0.1) is 6.42 Å². The summed E-state index contributed by atoms with van der Waals surface area (Å²) in [6.07, 6.45) is 1.84. The van der Waals surface area contributed by atoms with Gasteiger partial charge in [0.25, 0.3) is 0 Å². The number of hydrogen-bond donors (Lipinski definition) is 3. The first-order valence-electron chi connectivity index (χ1n) is 6.30. The van der Waals surface area contributed by atoms with E-state index in [9.17, 15) is 14.7 Å². The van der Waals surface area contributed by atoms with Crippen molar-refractivity contribution in [2.24, 2.45) is 5.92 Å². The van der Waals surface area contributed by atoms with Gasteiger partial charge in [-0.05, 0) is 43.4 Å². The van der Waals surface area contributed by atoms with E-state index in [1.807, 2.05) is 0 Å². The molecule has 0 aromatic heterocycles. The van der Waals surface area contributed by atoms with Crippen molar-refractivity contribution in [3.8, 4) is 0 Å². The van der Waals surface area contributed by atoms with Gasteiger partial charge in [-0.15, -0.1) is 0 Å². The van der Waals surface area contributed by atoms with Crippen molar-refractivity contribution in [2.75, 3.05) is 5.73 Å². The van der Waals surface area contributed by atoms with Crippen LogP contribution < -0.4 is 11.1 Å². The van der Waals surface area contributed by atoms with E-state index in [1.165, 1.54) is 0 Å². The molecule has 1 amide bonds. The highest BCUT2D eigenvalue weighted by Gasteiger charge is 2.48. The average Bonchev–Trinajstić information content (AvgIpc) is 3.12. The molecule has 0 saturated heterocycles. The van der Waals surface area contributed by atoms with Crippen LogP contribution in [-0.2, 0) is 16.0 Å². The van der Waals surface area contributed by atoms with Crippen LogP contribution in [0.25, 0.3) is 0 Å². The summed E-state index contributed by atoms with van der Waals surface area (Å²) in [5.74, 6) is -1.23. The summed E-state index contributed by atoms with van der Waals surface area (Å²) in [6, 6.07) is 7.03. The summed E-state index contributed by atoms with van der Waals surface area (Å²) < 4.78 is 0. The summed E-state index contributed by atoms with van der Waals surface area (Å²) in [6.45, 7) is 1.57. The zero-order valence-corrected chi connectivity index (χ0v) is 10.8. The Kier molecular flexibility index (Phi) is 3.46. The number of carboxylic acid groups (broad SMARTS) is 1. The fourth-order valence-corrected chi connectivity index (χ4v) is 2.21. The Bertz CT molecular complexity index is 511. The summed E-state index contributed by atoms with van der Waals surface area (Å²) in [4.78, 5) is 23.3. The van der Waals surface area contributed by atoms with Crippen LogP contribution in [-0.4, -0.2) is 22.5 Å². The predicted molar refractivity (Wildman–Crippen MR) is 71.5 cm³/mol. The lowest BCUT2D eigenvalue weighted by Crippen LogP contribution is -2.54. The van der Waals surface area contributed by atoms with Crippen molar-refractivity contribution in [2.45, 2.75) is 31.7 Å². The topological polar surface area (TPSA) is 92.4 Å². The third-order valence-electron chi connectivity index (χ3n) is 3.55. The number of carboxylic acids is 1. The molecule has 5 heteroatoms. The average molecular weight is 262 g/mol. The Labute approximate surface area is 111 Å². The van der Waals surface area contributed by atoms with Crippen LogP contribution in [0.2, 0.25) is 0 Å². The van der Waals surface area contributed by atoms with Gasteiger partial charge in [0.1, 0.15) is 5.54 Å². The maximum absolute atomic E-state index is 12.0. The normalized spacial score (nSPS) is 17.5. The summed E-state index contributed by atoms with van der Waals surface area (Å²) in [7, 11) is 0. The third kappa shape index (κ3) is 3.05. The SMILES string of the molecule is CC(NC(=O)Cc1cccc(N)c1)(C(=O)O)C1CC1. The van der Waals surface area contributed by atoms with E-state index in [4.69, 9.17) is 5.73 Å². The van der Waals surface area contributed by atoms with Crippen molar-refractivity contribution >= 4 is 17.6 Å². The van der Waals surface area contributed by atoms with E-state index in [1.54, 1.807) is 31.2 Å². The minimum Gasteiger partial charge on any atom is -0.480 e. The molecule has 1 aliphatic rings. The van der Waals surface area contributed by atoms with Crippen LogP contribution in [0, 0.1) is 5.92 Å². The largest absolute Gasteiger partial charge is 0.480 e. The number of aliphatic carboxylic acids is 1.